The van der Waals surface area contributed by atoms with Crippen molar-refractivity contribution in [3.63, 3.8) is 0 Å². The Morgan fingerprint density at radius 2 is 1.89 bits per heavy atom. The van der Waals surface area contributed by atoms with Gasteiger partial charge in [-0.25, -0.2) is 0 Å². The number of amides is 3. The van der Waals surface area contributed by atoms with Crippen molar-refractivity contribution in [2.45, 2.75) is 19.8 Å². The summed E-state index contributed by atoms with van der Waals surface area (Å²) in [6.45, 7) is 2.31. The van der Waals surface area contributed by atoms with Gasteiger partial charge in [-0.2, -0.15) is 0 Å². The van der Waals surface area contributed by atoms with Crippen molar-refractivity contribution >= 4 is 29.1 Å². The topological polar surface area (TPSA) is 87.7 Å². The van der Waals surface area contributed by atoms with Gasteiger partial charge in [0.1, 0.15) is 12.3 Å². The first-order valence-corrected chi connectivity index (χ1v) is 9.24. The number of fused-ring (bicyclic) bond motifs is 1. The third kappa shape index (κ3) is 4.88. The molecule has 0 spiro atoms. The molecule has 0 saturated carbocycles. The molecule has 0 bridgehead atoms. The van der Waals surface area contributed by atoms with Crippen LogP contribution in [0.5, 0.6) is 5.75 Å². The quantitative estimate of drug-likeness (QED) is 0.769. The number of hydrogen-bond acceptors (Lipinski definition) is 4. The molecular weight excluding hydrogens is 358 g/mol. The van der Waals surface area contributed by atoms with E-state index >= 15 is 0 Å². The van der Waals surface area contributed by atoms with Crippen LogP contribution in [0.25, 0.3) is 0 Å². The highest BCUT2D eigenvalue weighted by Crippen LogP contribution is 2.34. The van der Waals surface area contributed by atoms with Gasteiger partial charge in [0, 0.05) is 12.2 Å². The fourth-order valence-electron chi connectivity index (χ4n) is 2.90. The van der Waals surface area contributed by atoms with E-state index in [1.165, 1.54) is 4.90 Å². The second kappa shape index (κ2) is 9.03. The van der Waals surface area contributed by atoms with Gasteiger partial charge in [0.15, 0.2) is 6.61 Å². The van der Waals surface area contributed by atoms with Crippen LogP contribution in [0, 0.1) is 0 Å². The summed E-state index contributed by atoms with van der Waals surface area (Å²) in [6, 6.07) is 14.5. The number of carbonyl (C=O) groups is 3. The van der Waals surface area contributed by atoms with Gasteiger partial charge in [0.2, 0.25) is 11.8 Å². The van der Waals surface area contributed by atoms with Gasteiger partial charge in [-0.15, -0.1) is 0 Å². The fourth-order valence-corrected chi connectivity index (χ4v) is 2.90. The first-order chi connectivity index (χ1) is 13.6. The number of carbonyl (C=O) groups excluding carboxylic acids is 3. The van der Waals surface area contributed by atoms with Crippen LogP contribution in [0.15, 0.2) is 48.5 Å². The monoisotopic (exact) mass is 381 g/mol. The van der Waals surface area contributed by atoms with E-state index < -0.39 is 0 Å². The SMILES string of the molecule is CCCNC(=O)CN1C(=O)COc2ccc(NC(=O)Cc3ccccc3)cc21. The average Bonchev–Trinajstić information content (AvgIpc) is 2.69. The summed E-state index contributed by atoms with van der Waals surface area (Å²) < 4.78 is 5.45. The summed E-state index contributed by atoms with van der Waals surface area (Å²) in [6.07, 6.45) is 1.06. The summed E-state index contributed by atoms with van der Waals surface area (Å²) in [5.41, 5.74) is 1.92. The fraction of sp³-hybridized carbons (Fsp3) is 0.286. The Kier molecular flexibility index (Phi) is 6.26. The van der Waals surface area contributed by atoms with Gasteiger partial charge < -0.3 is 15.4 Å². The Morgan fingerprint density at radius 1 is 1.11 bits per heavy atom. The van der Waals surface area contributed by atoms with Crippen LogP contribution in [-0.2, 0) is 20.8 Å². The summed E-state index contributed by atoms with van der Waals surface area (Å²) in [4.78, 5) is 38.0. The van der Waals surface area contributed by atoms with E-state index in [1.807, 2.05) is 37.3 Å². The summed E-state index contributed by atoms with van der Waals surface area (Å²) >= 11 is 0. The minimum atomic E-state index is -0.299. The second-order valence-corrected chi connectivity index (χ2v) is 6.51. The van der Waals surface area contributed by atoms with Crippen molar-refractivity contribution in [2.75, 3.05) is 29.9 Å². The number of nitrogens with one attached hydrogen (secondary N) is 2. The lowest BCUT2D eigenvalue weighted by atomic mass is 10.1. The molecule has 146 valence electrons. The number of nitrogens with zero attached hydrogens (tertiary/aromatic N) is 1. The number of hydrogen-bond donors (Lipinski definition) is 2. The van der Waals surface area contributed by atoms with Gasteiger partial charge in [0.25, 0.3) is 5.91 Å². The zero-order valence-corrected chi connectivity index (χ0v) is 15.7. The molecule has 3 amide bonds. The Morgan fingerprint density at radius 3 is 2.64 bits per heavy atom. The van der Waals surface area contributed by atoms with Gasteiger partial charge in [0.05, 0.1) is 12.1 Å². The molecule has 1 aliphatic rings. The predicted molar refractivity (Wildman–Crippen MR) is 106 cm³/mol. The van der Waals surface area contributed by atoms with Crippen LogP contribution in [0.4, 0.5) is 11.4 Å². The molecule has 0 radical (unpaired) electrons. The largest absolute Gasteiger partial charge is 0.482 e. The molecule has 2 aromatic rings. The summed E-state index contributed by atoms with van der Waals surface area (Å²) in [5, 5.41) is 5.59. The van der Waals surface area contributed by atoms with E-state index in [4.69, 9.17) is 4.74 Å². The molecule has 1 heterocycles. The summed E-state index contributed by atoms with van der Waals surface area (Å²) in [5.74, 6) is -0.195. The van der Waals surface area contributed by atoms with Crippen molar-refractivity contribution in [3.8, 4) is 5.75 Å². The number of ether oxygens (including phenoxy) is 1. The van der Waals surface area contributed by atoms with Gasteiger partial charge >= 0.3 is 0 Å². The molecule has 2 N–H and O–H groups in total. The molecule has 0 aromatic heterocycles. The average molecular weight is 381 g/mol. The van der Waals surface area contributed by atoms with Crippen molar-refractivity contribution in [3.05, 3.63) is 54.1 Å². The van der Waals surface area contributed by atoms with Crippen LogP contribution in [-0.4, -0.2) is 37.4 Å². The van der Waals surface area contributed by atoms with Gasteiger partial charge in [-0.1, -0.05) is 37.3 Å². The van der Waals surface area contributed by atoms with Crippen molar-refractivity contribution < 1.29 is 19.1 Å². The van der Waals surface area contributed by atoms with E-state index in [2.05, 4.69) is 10.6 Å². The van der Waals surface area contributed by atoms with Crippen LogP contribution in [0.1, 0.15) is 18.9 Å². The van der Waals surface area contributed by atoms with Crippen molar-refractivity contribution in [1.82, 2.24) is 5.32 Å². The van der Waals surface area contributed by atoms with E-state index in [-0.39, 0.29) is 37.3 Å². The molecule has 7 heteroatoms. The second-order valence-electron chi connectivity index (χ2n) is 6.51. The maximum Gasteiger partial charge on any atom is 0.265 e. The number of anilines is 2. The normalized spacial score (nSPS) is 12.8. The third-order valence-electron chi connectivity index (χ3n) is 4.27. The van der Waals surface area contributed by atoms with E-state index in [0.717, 1.165) is 12.0 Å². The Bertz CT molecular complexity index is 867. The molecule has 0 fully saturated rings. The lowest BCUT2D eigenvalue weighted by molar-refractivity contribution is -0.125. The van der Waals surface area contributed by atoms with E-state index in [0.29, 0.717) is 23.7 Å². The summed E-state index contributed by atoms with van der Waals surface area (Å²) in [7, 11) is 0. The highest BCUT2D eigenvalue weighted by molar-refractivity contribution is 6.03. The van der Waals surface area contributed by atoms with Crippen LogP contribution < -0.4 is 20.3 Å². The predicted octanol–water partition coefficient (Wildman–Crippen LogP) is 2.12. The van der Waals surface area contributed by atoms with Crippen molar-refractivity contribution in [2.24, 2.45) is 0 Å². The van der Waals surface area contributed by atoms with E-state index in [1.54, 1.807) is 18.2 Å². The highest BCUT2D eigenvalue weighted by atomic mass is 16.5. The molecule has 2 aromatic carbocycles. The molecule has 3 rings (SSSR count). The molecule has 0 atom stereocenters. The molecule has 0 unspecified atom stereocenters. The first kappa shape index (κ1) is 19.4. The number of benzene rings is 2. The van der Waals surface area contributed by atoms with Crippen LogP contribution >= 0.6 is 0 Å². The van der Waals surface area contributed by atoms with Crippen molar-refractivity contribution in [1.29, 1.82) is 0 Å². The maximum atomic E-state index is 12.3. The Labute approximate surface area is 163 Å². The molecule has 0 saturated heterocycles. The minimum absolute atomic E-state index is 0.0867. The molecular formula is C21H23N3O4. The Hall–Kier alpha value is -3.35. The van der Waals surface area contributed by atoms with Crippen LogP contribution in [0.3, 0.4) is 0 Å². The molecule has 0 aliphatic carbocycles. The van der Waals surface area contributed by atoms with Gasteiger partial charge in [-0.05, 0) is 30.2 Å². The number of rotatable bonds is 7. The van der Waals surface area contributed by atoms with Crippen LogP contribution in [0.2, 0.25) is 0 Å². The minimum Gasteiger partial charge on any atom is -0.482 e. The maximum absolute atomic E-state index is 12.3. The molecule has 28 heavy (non-hydrogen) atoms. The zero-order valence-electron chi connectivity index (χ0n) is 15.7. The first-order valence-electron chi connectivity index (χ1n) is 9.24. The highest BCUT2D eigenvalue weighted by Gasteiger charge is 2.27. The molecule has 1 aliphatic heterocycles. The lowest BCUT2D eigenvalue weighted by Crippen LogP contribution is -2.45. The van der Waals surface area contributed by atoms with Gasteiger partial charge in [-0.3, -0.25) is 19.3 Å². The smallest absolute Gasteiger partial charge is 0.265 e. The third-order valence-corrected chi connectivity index (χ3v) is 4.27. The standard InChI is InChI=1S/C21H23N3O4/c1-2-10-22-20(26)13-24-17-12-16(8-9-18(17)28-14-21(24)27)23-19(25)11-15-6-4-3-5-7-15/h3-9,12H,2,10-11,13-14H2,1H3,(H,22,26)(H,23,25). The molecule has 7 nitrogen and oxygen atoms in total. The zero-order chi connectivity index (χ0) is 19.9. The van der Waals surface area contributed by atoms with E-state index in [9.17, 15) is 14.4 Å². The lowest BCUT2D eigenvalue weighted by Gasteiger charge is -2.29. The Balaban J connectivity index is 1.73.